The van der Waals surface area contributed by atoms with Crippen LogP contribution in [0.5, 0.6) is 5.75 Å². The molecule has 2 aromatic carbocycles. The lowest BCUT2D eigenvalue weighted by molar-refractivity contribution is 0.0693. The number of ether oxygens (including phenoxy) is 1. The van der Waals surface area contributed by atoms with E-state index in [9.17, 15) is 9.90 Å². The van der Waals surface area contributed by atoms with E-state index in [0.717, 1.165) is 34.3 Å². The zero-order chi connectivity index (χ0) is 21.8. The molecular weight excluding hydrogens is 414 g/mol. The van der Waals surface area contributed by atoms with Gasteiger partial charge in [0.25, 0.3) is 0 Å². The summed E-state index contributed by atoms with van der Waals surface area (Å²) in [4.78, 5) is 21.0. The number of furan rings is 1. The first-order valence-corrected chi connectivity index (χ1v) is 10.8. The normalized spacial score (nSPS) is 10.9. The highest BCUT2D eigenvalue weighted by atomic mass is 32.2. The van der Waals surface area contributed by atoms with Gasteiger partial charge in [0, 0.05) is 34.7 Å². The zero-order valence-electron chi connectivity index (χ0n) is 17.1. The van der Waals surface area contributed by atoms with E-state index in [0.29, 0.717) is 23.1 Å². The number of benzene rings is 2. The van der Waals surface area contributed by atoms with Gasteiger partial charge in [0.2, 0.25) is 0 Å². The number of hydrogen-bond acceptors (Lipinski definition) is 7. The maximum Gasteiger partial charge on any atom is 0.336 e. The molecule has 0 aliphatic heterocycles. The largest absolute Gasteiger partial charge is 0.496 e. The third-order valence-corrected chi connectivity index (χ3v) is 5.68. The van der Waals surface area contributed by atoms with Crippen molar-refractivity contribution in [3.63, 3.8) is 0 Å². The molecule has 0 spiro atoms. The van der Waals surface area contributed by atoms with E-state index in [1.165, 1.54) is 11.8 Å². The Morgan fingerprint density at radius 3 is 2.87 bits per heavy atom. The molecule has 0 atom stereocenters. The van der Waals surface area contributed by atoms with Gasteiger partial charge < -0.3 is 19.6 Å². The number of methoxy groups -OCH3 is 1. The van der Waals surface area contributed by atoms with Gasteiger partial charge in [0.1, 0.15) is 17.2 Å². The monoisotopic (exact) mass is 435 g/mol. The molecule has 4 rings (SSSR count). The number of thioether (sulfide) groups is 1. The summed E-state index contributed by atoms with van der Waals surface area (Å²) < 4.78 is 10.9. The molecule has 7 nitrogen and oxygen atoms in total. The number of hydrogen-bond donors (Lipinski definition) is 2. The van der Waals surface area contributed by atoms with Gasteiger partial charge in [-0.15, -0.1) is 11.8 Å². The molecule has 2 N–H and O–H groups in total. The molecule has 31 heavy (non-hydrogen) atoms. The standard InChI is InChI=1S/C23H21N3O4S/c1-29-18-13-19-15(7-10-30-19)11-14(18)5-8-24-21-6-9-25-22(26-21)16-3-4-17(23(27)28)20(12-16)31-2/h3-4,6-7,9-13H,5,8H2,1-2H3,(H,27,28)(H,24,25,26). The van der Waals surface area contributed by atoms with Crippen molar-refractivity contribution in [3.8, 4) is 17.1 Å². The van der Waals surface area contributed by atoms with Crippen LogP contribution in [0.1, 0.15) is 15.9 Å². The second-order valence-corrected chi connectivity index (χ2v) is 7.63. The van der Waals surface area contributed by atoms with Crippen molar-refractivity contribution in [3.05, 3.63) is 66.1 Å². The van der Waals surface area contributed by atoms with Gasteiger partial charge >= 0.3 is 5.97 Å². The third-order valence-electron chi connectivity index (χ3n) is 4.90. The molecule has 0 aliphatic rings. The number of carboxylic acid groups (broad SMARTS) is 1. The van der Waals surface area contributed by atoms with Gasteiger partial charge in [-0.25, -0.2) is 14.8 Å². The Kier molecular flexibility index (Phi) is 6.08. The molecule has 0 bridgehead atoms. The van der Waals surface area contributed by atoms with Crippen molar-refractivity contribution in [2.24, 2.45) is 0 Å². The number of carboxylic acids is 1. The summed E-state index contributed by atoms with van der Waals surface area (Å²) >= 11 is 1.38. The fourth-order valence-corrected chi connectivity index (χ4v) is 3.97. The van der Waals surface area contributed by atoms with Crippen LogP contribution in [-0.2, 0) is 6.42 Å². The van der Waals surface area contributed by atoms with Gasteiger partial charge in [-0.3, -0.25) is 0 Å². The van der Waals surface area contributed by atoms with Gasteiger partial charge in [-0.1, -0.05) is 6.07 Å². The second-order valence-electron chi connectivity index (χ2n) is 6.78. The minimum Gasteiger partial charge on any atom is -0.496 e. The van der Waals surface area contributed by atoms with Crippen LogP contribution in [0.4, 0.5) is 5.82 Å². The third kappa shape index (κ3) is 4.49. The Morgan fingerprint density at radius 1 is 1.23 bits per heavy atom. The van der Waals surface area contributed by atoms with E-state index in [-0.39, 0.29) is 5.56 Å². The summed E-state index contributed by atoms with van der Waals surface area (Å²) in [5.41, 5.74) is 2.92. The molecule has 0 fully saturated rings. The van der Waals surface area contributed by atoms with E-state index in [4.69, 9.17) is 9.15 Å². The number of rotatable bonds is 8. The lowest BCUT2D eigenvalue weighted by Gasteiger charge is -2.11. The maximum atomic E-state index is 11.4. The number of anilines is 1. The predicted octanol–water partition coefficient (Wildman–Crippen LogP) is 4.97. The summed E-state index contributed by atoms with van der Waals surface area (Å²) in [6, 6.07) is 12.8. The van der Waals surface area contributed by atoms with E-state index in [1.807, 2.05) is 18.4 Å². The Labute approximate surface area is 183 Å². The fourth-order valence-electron chi connectivity index (χ4n) is 3.35. The SMILES string of the molecule is COc1cc2occc2cc1CCNc1ccnc(-c2ccc(C(=O)O)c(SC)c2)n1. The van der Waals surface area contributed by atoms with E-state index >= 15 is 0 Å². The molecule has 158 valence electrons. The van der Waals surface area contributed by atoms with Crippen LogP contribution < -0.4 is 10.1 Å². The number of aromatic carboxylic acids is 1. The Bertz CT molecular complexity index is 1240. The summed E-state index contributed by atoms with van der Waals surface area (Å²) in [7, 11) is 1.65. The molecule has 0 saturated carbocycles. The van der Waals surface area contributed by atoms with Crippen molar-refractivity contribution >= 4 is 34.5 Å². The average Bonchev–Trinajstić information content (AvgIpc) is 3.25. The molecule has 4 aromatic rings. The number of nitrogens with one attached hydrogen (secondary N) is 1. The quantitative estimate of drug-likeness (QED) is 0.374. The van der Waals surface area contributed by atoms with E-state index < -0.39 is 5.97 Å². The van der Waals surface area contributed by atoms with Crippen molar-refractivity contribution in [2.45, 2.75) is 11.3 Å². The van der Waals surface area contributed by atoms with Crippen LogP contribution in [0.25, 0.3) is 22.4 Å². The number of carbonyl (C=O) groups is 1. The van der Waals surface area contributed by atoms with Crippen molar-refractivity contribution in [1.82, 2.24) is 9.97 Å². The molecule has 0 aliphatic carbocycles. The highest BCUT2D eigenvalue weighted by Crippen LogP contribution is 2.28. The van der Waals surface area contributed by atoms with Crippen molar-refractivity contribution < 1.29 is 19.1 Å². The Hall–Kier alpha value is -3.52. The van der Waals surface area contributed by atoms with E-state index in [1.54, 1.807) is 43.8 Å². The molecule has 8 heteroatoms. The number of aromatic nitrogens is 2. The fraction of sp³-hybridized carbons (Fsp3) is 0.174. The first kappa shape index (κ1) is 20.7. The van der Waals surface area contributed by atoms with Gasteiger partial charge in [-0.2, -0.15) is 0 Å². The lowest BCUT2D eigenvalue weighted by Crippen LogP contribution is -2.08. The highest BCUT2D eigenvalue weighted by Gasteiger charge is 2.12. The molecule has 2 aromatic heterocycles. The molecule has 2 heterocycles. The van der Waals surface area contributed by atoms with Crippen LogP contribution >= 0.6 is 11.8 Å². The average molecular weight is 436 g/mol. The Balaban J connectivity index is 1.49. The molecule has 0 saturated heterocycles. The van der Waals surface area contributed by atoms with Crippen molar-refractivity contribution in [1.29, 1.82) is 0 Å². The first-order valence-electron chi connectivity index (χ1n) is 9.62. The second kappa shape index (κ2) is 9.09. The lowest BCUT2D eigenvalue weighted by atomic mass is 10.1. The molecule has 0 amide bonds. The summed E-state index contributed by atoms with van der Waals surface area (Å²) in [6.07, 6.45) is 5.94. The van der Waals surface area contributed by atoms with Crippen LogP contribution in [0.2, 0.25) is 0 Å². The summed E-state index contributed by atoms with van der Waals surface area (Å²) in [5, 5.41) is 13.7. The number of nitrogens with zero attached hydrogens (tertiary/aromatic N) is 2. The zero-order valence-corrected chi connectivity index (χ0v) is 17.9. The van der Waals surface area contributed by atoms with Crippen LogP contribution in [-0.4, -0.2) is 41.0 Å². The smallest absolute Gasteiger partial charge is 0.336 e. The topological polar surface area (TPSA) is 97.5 Å². The van der Waals surface area contributed by atoms with Gasteiger partial charge in [0.15, 0.2) is 5.82 Å². The first-order chi connectivity index (χ1) is 15.1. The summed E-state index contributed by atoms with van der Waals surface area (Å²) in [5.74, 6) is 1.07. The van der Waals surface area contributed by atoms with Crippen LogP contribution in [0.15, 0.2) is 64.2 Å². The Morgan fingerprint density at radius 2 is 2.10 bits per heavy atom. The minimum absolute atomic E-state index is 0.272. The minimum atomic E-state index is -0.948. The van der Waals surface area contributed by atoms with Crippen LogP contribution in [0, 0.1) is 0 Å². The summed E-state index contributed by atoms with van der Waals surface area (Å²) in [6.45, 7) is 0.657. The van der Waals surface area contributed by atoms with Gasteiger partial charge in [-0.05, 0) is 48.6 Å². The number of fused-ring (bicyclic) bond motifs is 1. The van der Waals surface area contributed by atoms with Gasteiger partial charge in [0.05, 0.1) is 18.9 Å². The predicted molar refractivity (Wildman–Crippen MR) is 121 cm³/mol. The maximum absolute atomic E-state index is 11.4. The van der Waals surface area contributed by atoms with Crippen molar-refractivity contribution in [2.75, 3.05) is 25.2 Å². The molecule has 0 radical (unpaired) electrons. The molecule has 0 unspecified atom stereocenters. The molecular formula is C23H21N3O4S. The highest BCUT2D eigenvalue weighted by molar-refractivity contribution is 7.98. The van der Waals surface area contributed by atoms with Crippen LogP contribution in [0.3, 0.4) is 0 Å². The van der Waals surface area contributed by atoms with E-state index in [2.05, 4.69) is 21.4 Å².